The molecule has 0 saturated heterocycles. The molecule has 2 rings (SSSR count). The van der Waals surface area contributed by atoms with Gasteiger partial charge >= 0.3 is 5.69 Å². The van der Waals surface area contributed by atoms with E-state index < -0.39 is 27.4 Å². The van der Waals surface area contributed by atoms with Crippen LogP contribution in [0.15, 0.2) is 52.5 Å². The molecule has 160 valence electrons. The maximum Gasteiger partial charge on any atom is 0.311 e. The number of likely N-dealkylation sites (N-methyl/N-ethyl adjacent to an activating group) is 1. The molecule has 0 bridgehead atoms. The Hall–Kier alpha value is -3.51. The Bertz CT molecular complexity index is 1050. The number of nitrogens with zero attached hydrogens (tertiary/aromatic N) is 3. The summed E-state index contributed by atoms with van der Waals surface area (Å²) in [5, 5.41) is 14.7. The molecule has 30 heavy (non-hydrogen) atoms. The summed E-state index contributed by atoms with van der Waals surface area (Å²) in [5.74, 6) is -0.0946. The van der Waals surface area contributed by atoms with Crippen molar-refractivity contribution in [3.63, 3.8) is 0 Å². The predicted octanol–water partition coefficient (Wildman–Crippen LogP) is 1.38. The maximum absolute atomic E-state index is 12.5. The highest BCUT2D eigenvalue weighted by Gasteiger charge is 2.23. The standard InChI is InChI=1S/C18H20N4O7S/c1-21(30(26,27)15-7-5-14(28-2)6-8-15)12-18(23)20-19-11-13-4-9-17(29-3)16(10-13)22(24)25/h4-11H,12H2,1-3H3,(H,20,23)/b19-11-. The SMILES string of the molecule is COc1ccc(S(=O)(=O)N(C)CC(=O)N/N=C\c2ccc(OC)c([N+](=O)[O-])c2)cc1. The first-order chi connectivity index (χ1) is 14.2. The van der Waals surface area contributed by atoms with Crippen molar-refractivity contribution in [2.45, 2.75) is 4.90 Å². The lowest BCUT2D eigenvalue weighted by molar-refractivity contribution is -0.385. The van der Waals surface area contributed by atoms with Crippen LogP contribution < -0.4 is 14.9 Å². The summed E-state index contributed by atoms with van der Waals surface area (Å²) < 4.78 is 35.8. The lowest BCUT2D eigenvalue weighted by Crippen LogP contribution is -2.36. The number of sulfonamides is 1. The summed E-state index contributed by atoms with van der Waals surface area (Å²) in [6.45, 7) is -0.478. The fraction of sp³-hybridized carbons (Fsp3) is 0.222. The Labute approximate surface area is 173 Å². The van der Waals surface area contributed by atoms with Gasteiger partial charge < -0.3 is 9.47 Å². The number of hydrogen-bond donors (Lipinski definition) is 1. The molecule has 0 aliphatic heterocycles. The molecule has 0 fully saturated rings. The number of nitrogens with one attached hydrogen (secondary N) is 1. The van der Waals surface area contributed by atoms with Crippen molar-refractivity contribution in [2.24, 2.45) is 5.10 Å². The van der Waals surface area contributed by atoms with Crippen molar-refractivity contribution in [3.05, 3.63) is 58.1 Å². The third-order valence-electron chi connectivity index (χ3n) is 3.94. The van der Waals surface area contributed by atoms with E-state index in [1.165, 1.54) is 69.9 Å². The normalized spacial score (nSPS) is 11.5. The highest BCUT2D eigenvalue weighted by Crippen LogP contribution is 2.26. The summed E-state index contributed by atoms with van der Waals surface area (Å²) in [6, 6.07) is 9.89. The molecule has 2 aromatic rings. The van der Waals surface area contributed by atoms with Crippen LogP contribution in [0.4, 0.5) is 5.69 Å². The first-order valence-corrected chi connectivity index (χ1v) is 9.87. The molecule has 11 nitrogen and oxygen atoms in total. The summed E-state index contributed by atoms with van der Waals surface area (Å²) in [6.07, 6.45) is 1.20. The molecular weight excluding hydrogens is 416 g/mol. The Morgan fingerprint density at radius 1 is 1.20 bits per heavy atom. The molecule has 0 aromatic heterocycles. The van der Waals surface area contributed by atoms with E-state index in [1.54, 1.807) is 0 Å². The van der Waals surface area contributed by atoms with Crippen LogP contribution in [0, 0.1) is 10.1 Å². The second kappa shape index (κ2) is 9.80. The smallest absolute Gasteiger partial charge is 0.311 e. The van der Waals surface area contributed by atoms with Crippen LogP contribution in [-0.2, 0) is 14.8 Å². The van der Waals surface area contributed by atoms with Gasteiger partial charge in [-0.25, -0.2) is 13.8 Å². The lowest BCUT2D eigenvalue weighted by atomic mass is 10.2. The average Bonchev–Trinajstić information content (AvgIpc) is 2.73. The Balaban J connectivity index is 2.01. The van der Waals surface area contributed by atoms with E-state index in [2.05, 4.69) is 10.5 Å². The fourth-order valence-corrected chi connectivity index (χ4v) is 3.49. The largest absolute Gasteiger partial charge is 0.497 e. The summed E-state index contributed by atoms with van der Waals surface area (Å²) in [7, 11) is 0.152. The van der Waals surface area contributed by atoms with Gasteiger partial charge in [-0.2, -0.15) is 9.41 Å². The second-order valence-corrected chi connectivity index (χ2v) is 7.96. The van der Waals surface area contributed by atoms with E-state index in [4.69, 9.17) is 9.47 Å². The lowest BCUT2D eigenvalue weighted by Gasteiger charge is -2.16. The molecule has 0 saturated carbocycles. The summed E-state index contributed by atoms with van der Waals surface area (Å²) in [5.41, 5.74) is 2.28. The van der Waals surface area contributed by atoms with Gasteiger partial charge in [0, 0.05) is 18.7 Å². The molecule has 1 amide bonds. The van der Waals surface area contributed by atoms with Gasteiger partial charge in [-0.1, -0.05) is 0 Å². The zero-order chi connectivity index (χ0) is 22.3. The maximum atomic E-state index is 12.5. The molecule has 0 unspecified atom stereocenters. The number of amides is 1. The van der Waals surface area contributed by atoms with Crippen LogP contribution >= 0.6 is 0 Å². The molecular formula is C18H20N4O7S. The number of nitro benzene ring substituents is 1. The molecule has 0 atom stereocenters. The topological polar surface area (TPSA) is 140 Å². The quantitative estimate of drug-likeness (QED) is 0.356. The minimum Gasteiger partial charge on any atom is -0.497 e. The van der Waals surface area contributed by atoms with Crippen LogP contribution in [0.25, 0.3) is 0 Å². The number of methoxy groups -OCH3 is 2. The first kappa shape index (κ1) is 22.8. The van der Waals surface area contributed by atoms with Crippen molar-refractivity contribution in [2.75, 3.05) is 27.8 Å². The second-order valence-electron chi connectivity index (χ2n) is 5.92. The molecule has 2 aromatic carbocycles. The van der Waals surface area contributed by atoms with E-state index in [0.717, 1.165) is 4.31 Å². The number of ether oxygens (including phenoxy) is 2. The zero-order valence-electron chi connectivity index (χ0n) is 16.4. The van der Waals surface area contributed by atoms with Crippen molar-refractivity contribution < 1.29 is 27.6 Å². The van der Waals surface area contributed by atoms with Crippen molar-refractivity contribution in [1.82, 2.24) is 9.73 Å². The summed E-state index contributed by atoms with van der Waals surface area (Å²) >= 11 is 0. The molecule has 0 heterocycles. The van der Waals surface area contributed by atoms with Gasteiger partial charge in [-0.05, 0) is 36.4 Å². The van der Waals surface area contributed by atoms with E-state index in [0.29, 0.717) is 11.3 Å². The Morgan fingerprint density at radius 2 is 1.87 bits per heavy atom. The van der Waals surface area contributed by atoms with Crippen LogP contribution in [0.3, 0.4) is 0 Å². The van der Waals surface area contributed by atoms with Gasteiger partial charge in [0.2, 0.25) is 10.0 Å². The first-order valence-electron chi connectivity index (χ1n) is 8.43. The number of hydrogen-bond acceptors (Lipinski definition) is 8. The highest BCUT2D eigenvalue weighted by atomic mass is 32.2. The number of carbonyl (C=O) groups is 1. The zero-order valence-corrected chi connectivity index (χ0v) is 17.3. The number of benzene rings is 2. The fourth-order valence-electron chi connectivity index (χ4n) is 2.36. The summed E-state index contributed by atoms with van der Waals surface area (Å²) in [4.78, 5) is 22.4. The third kappa shape index (κ3) is 5.52. The van der Waals surface area contributed by atoms with E-state index >= 15 is 0 Å². The molecule has 0 aliphatic carbocycles. The van der Waals surface area contributed by atoms with Gasteiger partial charge in [-0.15, -0.1) is 0 Å². The average molecular weight is 436 g/mol. The minimum atomic E-state index is -3.88. The predicted molar refractivity (Wildman–Crippen MR) is 108 cm³/mol. The third-order valence-corrected chi connectivity index (χ3v) is 5.75. The van der Waals surface area contributed by atoms with Crippen LogP contribution in [0.2, 0.25) is 0 Å². The molecule has 0 radical (unpaired) electrons. The Kier molecular flexibility index (Phi) is 7.44. The monoisotopic (exact) mass is 436 g/mol. The van der Waals surface area contributed by atoms with Crippen LogP contribution in [0.5, 0.6) is 11.5 Å². The highest BCUT2D eigenvalue weighted by molar-refractivity contribution is 7.89. The molecule has 12 heteroatoms. The van der Waals surface area contributed by atoms with E-state index in [-0.39, 0.29) is 16.3 Å². The molecule has 0 spiro atoms. The van der Waals surface area contributed by atoms with Gasteiger partial charge in [0.1, 0.15) is 5.75 Å². The van der Waals surface area contributed by atoms with Gasteiger partial charge in [0.15, 0.2) is 5.75 Å². The van der Waals surface area contributed by atoms with Gasteiger partial charge in [0.25, 0.3) is 5.91 Å². The van der Waals surface area contributed by atoms with Crippen molar-refractivity contribution in [3.8, 4) is 11.5 Å². The number of carbonyl (C=O) groups excluding carboxylic acids is 1. The van der Waals surface area contributed by atoms with Crippen LogP contribution in [-0.4, -0.2) is 57.6 Å². The van der Waals surface area contributed by atoms with E-state index in [1.807, 2.05) is 0 Å². The minimum absolute atomic E-state index is 0.00708. The number of hydrazone groups is 1. The van der Waals surface area contributed by atoms with Crippen LogP contribution in [0.1, 0.15) is 5.56 Å². The van der Waals surface area contributed by atoms with Crippen molar-refractivity contribution >= 4 is 27.8 Å². The Morgan fingerprint density at radius 3 is 2.43 bits per heavy atom. The number of rotatable bonds is 9. The van der Waals surface area contributed by atoms with Gasteiger partial charge in [0.05, 0.1) is 36.8 Å². The van der Waals surface area contributed by atoms with Crippen molar-refractivity contribution in [1.29, 1.82) is 0 Å². The molecule has 1 N–H and O–H groups in total. The van der Waals surface area contributed by atoms with Gasteiger partial charge in [-0.3, -0.25) is 14.9 Å². The number of nitro groups is 1. The van der Waals surface area contributed by atoms with E-state index in [9.17, 15) is 23.3 Å². The molecule has 0 aliphatic rings.